The maximum absolute atomic E-state index is 11.2. The fraction of sp³-hybridized carbons (Fsp3) is 0.429. The van der Waals surface area contributed by atoms with Crippen LogP contribution >= 0.6 is 11.8 Å². The highest BCUT2D eigenvalue weighted by Gasteiger charge is 2.25. The highest BCUT2D eigenvalue weighted by atomic mass is 32.2. The lowest BCUT2D eigenvalue weighted by molar-refractivity contribution is 0.100. The number of nitrogens with one attached hydrogen (secondary N) is 1. The second kappa shape index (κ2) is 5.65. The molecule has 1 aliphatic heterocycles. The molecule has 3 N–H and O–H groups in total. The SMILES string of the molecule is CCC1(C)CCSC(Nc2cccc(C(N)=O)c2)=N1. The maximum atomic E-state index is 11.2. The summed E-state index contributed by atoms with van der Waals surface area (Å²) < 4.78 is 0. The van der Waals surface area contributed by atoms with E-state index in [0.29, 0.717) is 5.56 Å². The first-order valence-corrected chi connectivity index (χ1v) is 7.40. The molecule has 0 fully saturated rings. The molecule has 0 saturated heterocycles. The Labute approximate surface area is 117 Å². The molecule has 1 aromatic carbocycles. The summed E-state index contributed by atoms with van der Waals surface area (Å²) in [5.74, 6) is 0.645. The molecule has 0 radical (unpaired) electrons. The number of thioether (sulfide) groups is 1. The van der Waals surface area contributed by atoms with E-state index in [2.05, 4.69) is 19.2 Å². The van der Waals surface area contributed by atoms with Gasteiger partial charge in [0, 0.05) is 17.0 Å². The number of carbonyl (C=O) groups is 1. The number of primary amides is 1. The Hall–Kier alpha value is -1.49. The normalized spacial score (nSPS) is 22.7. The zero-order valence-corrected chi connectivity index (χ0v) is 12.1. The summed E-state index contributed by atoms with van der Waals surface area (Å²) in [5.41, 5.74) is 6.66. The molecule has 1 atom stereocenters. The van der Waals surface area contributed by atoms with Crippen molar-refractivity contribution in [1.82, 2.24) is 0 Å². The Morgan fingerprint density at radius 3 is 3.05 bits per heavy atom. The van der Waals surface area contributed by atoms with E-state index >= 15 is 0 Å². The van der Waals surface area contributed by atoms with E-state index in [9.17, 15) is 4.79 Å². The minimum Gasteiger partial charge on any atom is -0.366 e. The van der Waals surface area contributed by atoms with Gasteiger partial charge in [-0.25, -0.2) is 0 Å². The van der Waals surface area contributed by atoms with Crippen LogP contribution in [0.15, 0.2) is 29.3 Å². The number of hydrogen-bond donors (Lipinski definition) is 2. The van der Waals surface area contributed by atoms with Crippen LogP contribution < -0.4 is 11.1 Å². The average Bonchev–Trinajstić information content (AvgIpc) is 2.39. The average molecular weight is 277 g/mol. The van der Waals surface area contributed by atoms with Crippen molar-refractivity contribution in [3.8, 4) is 0 Å². The number of rotatable bonds is 3. The number of nitrogens with zero attached hydrogens (tertiary/aromatic N) is 1. The summed E-state index contributed by atoms with van der Waals surface area (Å²) >= 11 is 1.71. The smallest absolute Gasteiger partial charge is 0.248 e. The number of aliphatic imine (C=N–C) groups is 1. The Morgan fingerprint density at radius 1 is 1.58 bits per heavy atom. The Morgan fingerprint density at radius 2 is 2.37 bits per heavy atom. The molecule has 5 heteroatoms. The highest BCUT2D eigenvalue weighted by molar-refractivity contribution is 8.14. The van der Waals surface area contributed by atoms with E-state index in [4.69, 9.17) is 10.7 Å². The summed E-state index contributed by atoms with van der Waals surface area (Å²) in [7, 11) is 0. The van der Waals surface area contributed by atoms with Gasteiger partial charge in [-0.05, 0) is 38.0 Å². The molecule has 19 heavy (non-hydrogen) atoms. The third-order valence-electron chi connectivity index (χ3n) is 3.41. The third kappa shape index (κ3) is 3.50. The van der Waals surface area contributed by atoms with E-state index in [0.717, 1.165) is 29.4 Å². The van der Waals surface area contributed by atoms with Crippen molar-refractivity contribution in [2.75, 3.05) is 11.1 Å². The molecular weight excluding hydrogens is 258 g/mol. The monoisotopic (exact) mass is 277 g/mol. The zero-order chi connectivity index (χ0) is 13.9. The van der Waals surface area contributed by atoms with Crippen molar-refractivity contribution < 1.29 is 4.79 Å². The predicted molar refractivity (Wildman–Crippen MR) is 81.8 cm³/mol. The van der Waals surface area contributed by atoms with Crippen molar-refractivity contribution in [3.05, 3.63) is 29.8 Å². The van der Waals surface area contributed by atoms with Gasteiger partial charge in [0.15, 0.2) is 5.17 Å². The number of amides is 1. The standard InChI is InChI=1S/C14H19N3OS/c1-3-14(2)7-8-19-13(17-14)16-11-6-4-5-10(9-11)12(15)18/h4-6,9H,3,7-8H2,1-2H3,(H2,15,18)(H,16,17). The second-order valence-electron chi connectivity index (χ2n) is 4.94. The van der Waals surface area contributed by atoms with Crippen molar-refractivity contribution in [2.45, 2.75) is 32.2 Å². The molecule has 2 rings (SSSR count). The number of carbonyl (C=O) groups excluding carboxylic acids is 1. The molecular formula is C14H19N3OS. The largest absolute Gasteiger partial charge is 0.366 e. The molecule has 0 bridgehead atoms. The Balaban J connectivity index is 2.17. The van der Waals surface area contributed by atoms with Gasteiger partial charge in [0.25, 0.3) is 0 Å². The third-order valence-corrected chi connectivity index (χ3v) is 4.29. The lowest BCUT2D eigenvalue weighted by Crippen LogP contribution is -2.29. The molecule has 1 aliphatic rings. The van der Waals surface area contributed by atoms with Crippen molar-refractivity contribution in [3.63, 3.8) is 0 Å². The molecule has 1 aromatic rings. The van der Waals surface area contributed by atoms with Gasteiger partial charge in [-0.3, -0.25) is 9.79 Å². The van der Waals surface area contributed by atoms with Crippen molar-refractivity contribution in [2.24, 2.45) is 10.7 Å². The molecule has 1 unspecified atom stereocenters. The predicted octanol–water partition coefficient (Wildman–Crippen LogP) is 2.86. The first kappa shape index (κ1) is 13.9. The van der Waals surface area contributed by atoms with Gasteiger partial charge < -0.3 is 11.1 Å². The molecule has 1 amide bonds. The molecule has 0 aliphatic carbocycles. The maximum Gasteiger partial charge on any atom is 0.248 e. The van der Waals surface area contributed by atoms with Crippen LogP contribution in [0.4, 0.5) is 5.69 Å². The number of benzene rings is 1. The fourth-order valence-corrected chi connectivity index (χ4v) is 3.10. The molecule has 102 valence electrons. The first-order valence-electron chi connectivity index (χ1n) is 6.42. The van der Waals surface area contributed by atoms with Gasteiger partial charge in [-0.2, -0.15) is 0 Å². The fourth-order valence-electron chi connectivity index (χ4n) is 1.89. The quantitative estimate of drug-likeness (QED) is 0.892. The van der Waals surface area contributed by atoms with Crippen LogP contribution in [0.2, 0.25) is 0 Å². The first-order chi connectivity index (χ1) is 9.02. The molecule has 4 nitrogen and oxygen atoms in total. The summed E-state index contributed by atoms with van der Waals surface area (Å²) in [6, 6.07) is 7.19. The second-order valence-corrected chi connectivity index (χ2v) is 6.02. The van der Waals surface area contributed by atoms with Gasteiger partial charge in [-0.15, -0.1) is 0 Å². The van der Waals surface area contributed by atoms with Gasteiger partial charge in [0.1, 0.15) is 0 Å². The van der Waals surface area contributed by atoms with E-state index in [-0.39, 0.29) is 5.54 Å². The van der Waals surface area contributed by atoms with E-state index < -0.39 is 5.91 Å². The number of amidine groups is 1. The molecule has 0 spiro atoms. The van der Waals surface area contributed by atoms with Gasteiger partial charge >= 0.3 is 0 Å². The number of nitrogens with two attached hydrogens (primary N) is 1. The van der Waals surface area contributed by atoms with Crippen LogP contribution in [0.25, 0.3) is 0 Å². The van der Waals surface area contributed by atoms with Gasteiger partial charge in [-0.1, -0.05) is 24.8 Å². The van der Waals surface area contributed by atoms with Crippen LogP contribution in [0.1, 0.15) is 37.0 Å². The van der Waals surface area contributed by atoms with Crippen LogP contribution in [0.3, 0.4) is 0 Å². The summed E-state index contributed by atoms with van der Waals surface area (Å²) in [5, 5.41) is 4.18. The minimum absolute atomic E-state index is 0.0227. The number of hydrogen-bond acceptors (Lipinski definition) is 4. The van der Waals surface area contributed by atoms with E-state index in [1.165, 1.54) is 0 Å². The lowest BCUT2D eigenvalue weighted by atomic mass is 9.97. The molecule has 0 saturated carbocycles. The summed E-state index contributed by atoms with van der Waals surface area (Å²) in [4.78, 5) is 15.9. The van der Waals surface area contributed by atoms with Crippen LogP contribution in [-0.2, 0) is 0 Å². The lowest BCUT2D eigenvalue weighted by Gasteiger charge is -2.29. The van der Waals surface area contributed by atoms with E-state index in [1.54, 1.807) is 23.9 Å². The van der Waals surface area contributed by atoms with Crippen LogP contribution in [0, 0.1) is 0 Å². The van der Waals surface area contributed by atoms with Crippen LogP contribution in [0.5, 0.6) is 0 Å². The number of anilines is 1. The van der Waals surface area contributed by atoms with Crippen LogP contribution in [-0.4, -0.2) is 22.4 Å². The van der Waals surface area contributed by atoms with Crippen molar-refractivity contribution >= 4 is 28.5 Å². The Bertz CT molecular complexity index is 515. The van der Waals surface area contributed by atoms with Gasteiger partial charge in [0.05, 0.1) is 5.54 Å². The topological polar surface area (TPSA) is 67.5 Å². The van der Waals surface area contributed by atoms with Crippen molar-refractivity contribution in [1.29, 1.82) is 0 Å². The molecule has 1 heterocycles. The van der Waals surface area contributed by atoms with Gasteiger partial charge in [0.2, 0.25) is 5.91 Å². The summed E-state index contributed by atoms with van der Waals surface area (Å²) in [6.07, 6.45) is 2.13. The highest BCUT2D eigenvalue weighted by Crippen LogP contribution is 2.29. The summed E-state index contributed by atoms with van der Waals surface area (Å²) in [6.45, 7) is 4.33. The zero-order valence-electron chi connectivity index (χ0n) is 11.3. The Kier molecular flexibility index (Phi) is 4.14. The van der Waals surface area contributed by atoms with E-state index in [1.807, 2.05) is 12.1 Å². The minimum atomic E-state index is -0.416. The molecule has 0 aromatic heterocycles.